The first-order chi connectivity index (χ1) is 9.43. The van der Waals surface area contributed by atoms with Crippen molar-refractivity contribution in [2.75, 3.05) is 26.4 Å². The number of hydrogen-bond donors (Lipinski definition) is 1. The first kappa shape index (κ1) is 21.6. The molecule has 0 saturated carbocycles. The third kappa shape index (κ3) is 22.5. The fourth-order valence-electron chi connectivity index (χ4n) is 1.21. The van der Waals surface area contributed by atoms with Gasteiger partial charge in [-0.15, -0.1) is 0 Å². The Morgan fingerprint density at radius 1 is 1.05 bits per heavy atom. The van der Waals surface area contributed by atoms with Gasteiger partial charge in [-0.05, 0) is 26.7 Å². The molecule has 0 aromatic rings. The molecular weight excluding hydrogens is 260 g/mol. The summed E-state index contributed by atoms with van der Waals surface area (Å²) in [6.07, 6.45) is 2.77. The highest BCUT2D eigenvalue weighted by Crippen LogP contribution is 1.94. The Hall–Kier alpha value is -0.650. The Morgan fingerprint density at radius 2 is 1.65 bits per heavy atom. The zero-order valence-corrected chi connectivity index (χ0v) is 13.7. The number of carbonyl (C=O) groups excluding carboxylic acids is 1. The van der Waals surface area contributed by atoms with Gasteiger partial charge in [0.25, 0.3) is 0 Å². The minimum absolute atomic E-state index is 0.126. The van der Waals surface area contributed by atoms with Crippen molar-refractivity contribution in [2.45, 2.75) is 66.1 Å². The molecule has 122 valence electrons. The topological polar surface area (TPSA) is 65.0 Å². The third-order valence-electron chi connectivity index (χ3n) is 2.07. The number of carbonyl (C=O) groups is 1. The van der Waals surface area contributed by atoms with E-state index in [1.807, 2.05) is 13.8 Å². The van der Waals surface area contributed by atoms with Crippen molar-refractivity contribution < 1.29 is 24.1 Å². The number of ether oxygens (including phenoxy) is 3. The van der Waals surface area contributed by atoms with E-state index < -0.39 is 0 Å². The molecule has 5 nitrogen and oxygen atoms in total. The summed E-state index contributed by atoms with van der Waals surface area (Å²) in [5.74, 6) is -0.249. The molecule has 0 bridgehead atoms. The lowest BCUT2D eigenvalue weighted by molar-refractivity contribution is -0.148. The molecule has 0 radical (unpaired) electrons. The normalized spacial score (nSPS) is 13.1. The maximum Gasteiger partial charge on any atom is 0.302 e. The molecule has 0 aromatic heterocycles. The predicted octanol–water partition coefficient (Wildman–Crippen LogP) is 2.55. The monoisotopic (exact) mass is 292 g/mol. The second-order valence-corrected chi connectivity index (χ2v) is 4.77. The van der Waals surface area contributed by atoms with Gasteiger partial charge >= 0.3 is 5.97 Å². The zero-order chi connectivity index (χ0) is 15.8. The predicted molar refractivity (Wildman–Crippen MR) is 79.7 cm³/mol. The van der Waals surface area contributed by atoms with Crippen LogP contribution in [0.1, 0.15) is 53.9 Å². The largest absolute Gasteiger partial charge is 0.460 e. The van der Waals surface area contributed by atoms with Crippen LogP contribution >= 0.6 is 0 Å². The SMILES string of the molecule is CCCCOCC(C)OC(C)=O.CCCOCC(C)O. The standard InChI is InChI=1S/C9H18O3.C6H14O2/c1-4-5-6-11-7-8(2)12-9(3)10;1-3-4-8-5-6(2)7/h8H,4-7H2,1-3H3;6-7H,3-5H2,1-2H3. The van der Waals surface area contributed by atoms with Crippen molar-refractivity contribution >= 4 is 5.97 Å². The van der Waals surface area contributed by atoms with E-state index >= 15 is 0 Å². The van der Waals surface area contributed by atoms with E-state index in [2.05, 4.69) is 6.92 Å². The van der Waals surface area contributed by atoms with Gasteiger partial charge in [-0.25, -0.2) is 0 Å². The van der Waals surface area contributed by atoms with Crippen LogP contribution < -0.4 is 0 Å². The smallest absolute Gasteiger partial charge is 0.302 e. The van der Waals surface area contributed by atoms with E-state index in [-0.39, 0.29) is 18.2 Å². The Kier molecular flexibility index (Phi) is 17.8. The summed E-state index contributed by atoms with van der Waals surface area (Å²) in [4.78, 5) is 10.5. The van der Waals surface area contributed by atoms with Gasteiger partial charge < -0.3 is 19.3 Å². The number of hydrogen-bond acceptors (Lipinski definition) is 5. The van der Waals surface area contributed by atoms with Crippen LogP contribution in [-0.4, -0.2) is 49.7 Å². The van der Waals surface area contributed by atoms with Crippen molar-refractivity contribution in [2.24, 2.45) is 0 Å². The molecule has 2 atom stereocenters. The lowest BCUT2D eigenvalue weighted by Gasteiger charge is -2.11. The number of esters is 1. The summed E-state index contributed by atoms with van der Waals surface area (Å²) >= 11 is 0. The summed E-state index contributed by atoms with van der Waals surface area (Å²) in [5, 5.41) is 8.65. The van der Waals surface area contributed by atoms with Crippen molar-refractivity contribution in [1.29, 1.82) is 0 Å². The minimum atomic E-state index is -0.318. The van der Waals surface area contributed by atoms with Crippen molar-refractivity contribution in [3.05, 3.63) is 0 Å². The highest BCUT2D eigenvalue weighted by Gasteiger charge is 2.04. The van der Waals surface area contributed by atoms with Crippen molar-refractivity contribution in [3.8, 4) is 0 Å². The molecule has 0 amide bonds. The molecule has 0 fully saturated rings. The lowest BCUT2D eigenvalue weighted by atomic mass is 10.3. The molecule has 0 aromatic carbocycles. The number of aliphatic hydroxyl groups is 1. The first-order valence-corrected chi connectivity index (χ1v) is 7.44. The Bertz CT molecular complexity index is 206. The zero-order valence-electron chi connectivity index (χ0n) is 13.7. The summed E-state index contributed by atoms with van der Waals surface area (Å²) in [5.41, 5.74) is 0. The number of rotatable bonds is 10. The fraction of sp³-hybridized carbons (Fsp3) is 0.933. The van der Waals surface area contributed by atoms with Crippen LogP contribution in [0.4, 0.5) is 0 Å². The molecule has 0 aliphatic carbocycles. The highest BCUT2D eigenvalue weighted by atomic mass is 16.6. The molecule has 0 spiro atoms. The van der Waals surface area contributed by atoms with Crippen LogP contribution in [0.2, 0.25) is 0 Å². The molecule has 0 aliphatic heterocycles. The summed E-state index contributed by atoms with van der Waals surface area (Å²) in [6.45, 7) is 11.6. The summed E-state index contributed by atoms with van der Waals surface area (Å²) < 4.78 is 15.1. The maximum atomic E-state index is 10.5. The molecular formula is C15H32O5. The van der Waals surface area contributed by atoms with Crippen LogP contribution in [0.25, 0.3) is 0 Å². The number of aliphatic hydroxyl groups excluding tert-OH is 1. The minimum Gasteiger partial charge on any atom is -0.460 e. The van der Waals surface area contributed by atoms with Crippen LogP contribution in [0, 0.1) is 0 Å². The Balaban J connectivity index is 0. The van der Waals surface area contributed by atoms with Gasteiger partial charge in [-0.1, -0.05) is 20.3 Å². The van der Waals surface area contributed by atoms with Crippen LogP contribution in [0.15, 0.2) is 0 Å². The van der Waals surface area contributed by atoms with E-state index in [0.717, 1.165) is 32.5 Å². The number of unbranched alkanes of at least 4 members (excludes halogenated alkanes) is 1. The van der Waals surface area contributed by atoms with Crippen LogP contribution in [0.3, 0.4) is 0 Å². The molecule has 5 heteroatoms. The molecule has 0 rings (SSSR count). The van der Waals surface area contributed by atoms with Crippen molar-refractivity contribution in [1.82, 2.24) is 0 Å². The van der Waals surface area contributed by atoms with Gasteiger partial charge in [-0.3, -0.25) is 4.79 Å². The molecule has 0 heterocycles. The first-order valence-electron chi connectivity index (χ1n) is 7.44. The molecule has 0 saturated heterocycles. The van der Waals surface area contributed by atoms with E-state index in [0.29, 0.717) is 13.2 Å². The summed E-state index contributed by atoms with van der Waals surface area (Å²) in [7, 11) is 0. The van der Waals surface area contributed by atoms with Gasteiger partial charge in [0, 0.05) is 20.1 Å². The highest BCUT2D eigenvalue weighted by molar-refractivity contribution is 5.66. The average Bonchev–Trinajstić information content (AvgIpc) is 2.34. The molecule has 1 N–H and O–H groups in total. The molecule has 0 aliphatic rings. The van der Waals surface area contributed by atoms with Crippen LogP contribution in [-0.2, 0) is 19.0 Å². The summed E-state index contributed by atoms with van der Waals surface area (Å²) in [6, 6.07) is 0. The lowest BCUT2D eigenvalue weighted by Crippen LogP contribution is -2.18. The quantitative estimate of drug-likeness (QED) is 0.495. The molecule has 20 heavy (non-hydrogen) atoms. The second kappa shape index (κ2) is 16.4. The van der Waals surface area contributed by atoms with Gasteiger partial charge in [0.05, 0.1) is 19.3 Å². The Labute approximate surface area is 123 Å². The molecule has 2 unspecified atom stereocenters. The van der Waals surface area contributed by atoms with E-state index in [4.69, 9.17) is 19.3 Å². The van der Waals surface area contributed by atoms with Gasteiger partial charge in [0.15, 0.2) is 0 Å². The van der Waals surface area contributed by atoms with E-state index in [1.165, 1.54) is 6.92 Å². The van der Waals surface area contributed by atoms with E-state index in [1.54, 1.807) is 6.92 Å². The second-order valence-electron chi connectivity index (χ2n) is 4.77. The van der Waals surface area contributed by atoms with Gasteiger partial charge in [0.1, 0.15) is 6.10 Å². The third-order valence-corrected chi connectivity index (χ3v) is 2.07. The van der Waals surface area contributed by atoms with Crippen LogP contribution in [0.5, 0.6) is 0 Å². The Morgan fingerprint density at radius 3 is 2.10 bits per heavy atom. The van der Waals surface area contributed by atoms with E-state index in [9.17, 15) is 4.79 Å². The van der Waals surface area contributed by atoms with Gasteiger partial charge in [0.2, 0.25) is 0 Å². The average molecular weight is 292 g/mol. The maximum absolute atomic E-state index is 10.5. The van der Waals surface area contributed by atoms with Crippen molar-refractivity contribution in [3.63, 3.8) is 0 Å². The van der Waals surface area contributed by atoms with Gasteiger partial charge in [-0.2, -0.15) is 0 Å². The fourth-order valence-corrected chi connectivity index (χ4v) is 1.21.